The van der Waals surface area contributed by atoms with Crippen LogP contribution in [0.25, 0.3) is 10.9 Å². The Morgan fingerprint density at radius 2 is 1.93 bits per heavy atom. The lowest BCUT2D eigenvalue weighted by molar-refractivity contribution is 0.226. The van der Waals surface area contributed by atoms with E-state index in [1.807, 2.05) is 28.8 Å². The number of hydrogen-bond acceptors (Lipinski definition) is 5. The summed E-state index contributed by atoms with van der Waals surface area (Å²) in [7, 11) is 1.78. The van der Waals surface area contributed by atoms with E-state index in [4.69, 9.17) is 4.98 Å². The summed E-state index contributed by atoms with van der Waals surface area (Å²) in [5, 5.41) is 0.691. The van der Waals surface area contributed by atoms with E-state index >= 15 is 0 Å². The number of para-hydroxylation sites is 1. The Kier molecular flexibility index (Phi) is 4.54. The summed E-state index contributed by atoms with van der Waals surface area (Å²) >= 11 is 0. The lowest BCUT2D eigenvalue weighted by Gasteiger charge is -2.27. The van der Waals surface area contributed by atoms with E-state index in [0.717, 1.165) is 43.0 Å². The minimum absolute atomic E-state index is 0.0677. The lowest BCUT2D eigenvalue weighted by Crippen LogP contribution is -2.33. The van der Waals surface area contributed by atoms with Crippen molar-refractivity contribution in [3.63, 3.8) is 0 Å². The molecule has 1 aromatic carbocycles. The number of aromatic nitrogens is 4. The fourth-order valence-electron chi connectivity index (χ4n) is 4.34. The second-order valence-electron chi connectivity index (χ2n) is 8.27. The fraction of sp³-hybridized carbons (Fsp3) is 0.455. The van der Waals surface area contributed by atoms with E-state index in [9.17, 15) is 9.59 Å². The zero-order chi connectivity index (χ0) is 20.0. The quantitative estimate of drug-likeness (QED) is 0.667. The van der Waals surface area contributed by atoms with Crippen LogP contribution in [0.2, 0.25) is 0 Å². The average molecular weight is 391 g/mol. The molecule has 0 N–H and O–H groups in total. The molecule has 5 rings (SSSR count). The van der Waals surface area contributed by atoms with Gasteiger partial charge in [-0.25, -0.2) is 4.98 Å². The normalized spacial score (nSPS) is 19.8. The first-order valence-electron chi connectivity index (χ1n) is 10.4. The molecule has 2 aromatic heterocycles. The third-order valence-corrected chi connectivity index (χ3v) is 6.23. The molecule has 7 heteroatoms. The monoisotopic (exact) mass is 391 g/mol. The predicted octanol–water partition coefficient (Wildman–Crippen LogP) is 2.24. The molecule has 1 aliphatic heterocycles. The van der Waals surface area contributed by atoms with Crippen molar-refractivity contribution in [2.24, 2.45) is 13.0 Å². The van der Waals surface area contributed by atoms with Gasteiger partial charge in [0, 0.05) is 26.3 Å². The Morgan fingerprint density at radius 1 is 1.10 bits per heavy atom. The fourth-order valence-corrected chi connectivity index (χ4v) is 4.34. The van der Waals surface area contributed by atoms with E-state index in [2.05, 4.69) is 9.88 Å². The van der Waals surface area contributed by atoms with Gasteiger partial charge in [-0.1, -0.05) is 12.1 Å². The number of likely N-dealkylation sites (tertiary alicyclic amines) is 1. The maximum Gasteiger partial charge on any atom is 0.268 e. The van der Waals surface area contributed by atoms with E-state index in [0.29, 0.717) is 17.8 Å². The van der Waals surface area contributed by atoms with Crippen LogP contribution in [-0.4, -0.2) is 30.5 Å². The highest BCUT2D eigenvalue weighted by Gasteiger charge is 2.32. The first kappa shape index (κ1) is 18.2. The Hall–Kier alpha value is -2.80. The lowest BCUT2D eigenvalue weighted by atomic mass is 10.1. The molecule has 3 aromatic rings. The molecule has 2 aliphatic rings. The first-order valence-corrected chi connectivity index (χ1v) is 10.4. The molecule has 0 radical (unpaired) electrons. The van der Waals surface area contributed by atoms with Gasteiger partial charge in [0.1, 0.15) is 5.82 Å². The van der Waals surface area contributed by atoms with Crippen molar-refractivity contribution in [1.29, 1.82) is 0 Å². The minimum Gasteiger partial charge on any atom is -0.312 e. The molecule has 7 nitrogen and oxygen atoms in total. The summed E-state index contributed by atoms with van der Waals surface area (Å²) in [4.78, 5) is 36.6. The average Bonchev–Trinajstić information content (AvgIpc) is 3.43. The molecule has 29 heavy (non-hydrogen) atoms. The highest BCUT2D eigenvalue weighted by atomic mass is 16.1. The number of benzene rings is 1. The van der Waals surface area contributed by atoms with Crippen molar-refractivity contribution in [3.05, 3.63) is 68.9 Å². The van der Waals surface area contributed by atoms with Gasteiger partial charge in [0.05, 0.1) is 28.8 Å². The zero-order valence-electron chi connectivity index (χ0n) is 16.6. The van der Waals surface area contributed by atoms with Crippen molar-refractivity contribution < 1.29 is 0 Å². The maximum absolute atomic E-state index is 13.3. The number of rotatable bonds is 5. The van der Waals surface area contributed by atoms with Gasteiger partial charge in [0.15, 0.2) is 0 Å². The second-order valence-corrected chi connectivity index (χ2v) is 8.27. The van der Waals surface area contributed by atoms with Crippen molar-refractivity contribution in [3.8, 4) is 0 Å². The Morgan fingerprint density at radius 3 is 2.76 bits per heavy atom. The topological polar surface area (TPSA) is 73.0 Å². The van der Waals surface area contributed by atoms with Gasteiger partial charge in [0.2, 0.25) is 0 Å². The molecule has 1 aliphatic carbocycles. The molecule has 150 valence electrons. The van der Waals surface area contributed by atoms with Gasteiger partial charge in [-0.05, 0) is 50.3 Å². The van der Waals surface area contributed by atoms with Crippen LogP contribution in [-0.2, 0) is 20.1 Å². The van der Waals surface area contributed by atoms with Crippen LogP contribution in [0.1, 0.15) is 43.2 Å². The molecule has 1 atom stereocenters. The summed E-state index contributed by atoms with van der Waals surface area (Å²) in [6, 6.07) is 7.70. The molecule has 1 saturated carbocycles. The predicted molar refractivity (Wildman–Crippen MR) is 111 cm³/mol. The highest BCUT2D eigenvalue weighted by Crippen LogP contribution is 2.35. The summed E-state index contributed by atoms with van der Waals surface area (Å²) in [5.41, 5.74) is 1.60. The molecule has 3 heterocycles. The van der Waals surface area contributed by atoms with E-state index in [1.165, 1.54) is 19.0 Å². The summed E-state index contributed by atoms with van der Waals surface area (Å²) in [6.45, 7) is 2.29. The standard InChI is InChI=1S/C22H25N5O2/c1-25-16(11-23-12-20(25)28)14-26-10-4-7-19(26)21-24-18-6-3-2-5-17(18)22(29)27(21)13-15-8-9-15/h2-3,5-6,11-12,15,19H,4,7-10,13-14H2,1H3. The van der Waals surface area contributed by atoms with E-state index in [-0.39, 0.29) is 17.2 Å². The molecule has 2 fully saturated rings. The van der Waals surface area contributed by atoms with Gasteiger partial charge in [0.25, 0.3) is 11.1 Å². The van der Waals surface area contributed by atoms with E-state index in [1.54, 1.807) is 17.8 Å². The van der Waals surface area contributed by atoms with Crippen LogP contribution in [0.3, 0.4) is 0 Å². The molecule has 0 spiro atoms. The largest absolute Gasteiger partial charge is 0.312 e. The number of hydrogen-bond donors (Lipinski definition) is 0. The molecule has 0 bridgehead atoms. The first-order chi connectivity index (χ1) is 14.1. The Bertz CT molecular complexity index is 1180. The third kappa shape index (κ3) is 3.40. The van der Waals surface area contributed by atoms with Crippen LogP contribution in [0, 0.1) is 5.92 Å². The van der Waals surface area contributed by atoms with Crippen LogP contribution < -0.4 is 11.1 Å². The number of nitrogens with zero attached hydrogens (tertiary/aromatic N) is 5. The van der Waals surface area contributed by atoms with Gasteiger partial charge in [-0.2, -0.15) is 0 Å². The van der Waals surface area contributed by atoms with Crippen LogP contribution in [0.5, 0.6) is 0 Å². The van der Waals surface area contributed by atoms with Crippen molar-refractivity contribution in [1.82, 2.24) is 24.0 Å². The Balaban J connectivity index is 1.57. The third-order valence-electron chi connectivity index (χ3n) is 6.23. The molecule has 1 unspecified atom stereocenters. The van der Waals surface area contributed by atoms with Gasteiger partial charge < -0.3 is 4.57 Å². The van der Waals surface area contributed by atoms with Gasteiger partial charge in [-0.3, -0.25) is 24.0 Å². The minimum atomic E-state index is -0.104. The van der Waals surface area contributed by atoms with Crippen LogP contribution >= 0.6 is 0 Å². The van der Waals surface area contributed by atoms with Crippen LogP contribution in [0.15, 0.2) is 46.2 Å². The highest BCUT2D eigenvalue weighted by molar-refractivity contribution is 5.77. The van der Waals surface area contributed by atoms with Crippen molar-refractivity contribution in [2.75, 3.05) is 6.54 Å². The van der Waals surface area contributed by atoms with Gasteiger partial charge >= 0.3 is 0 Å². The number of fused-ring (bicyclic) bond motifs is 1. The zero-order valence-corrected chi connectivity index (χ0v) is 16.6. The Labute approximate surface area is 168 Å². The smallest absolute Gasteiger partial charge is 0.268 e. The molecular weight excluding hydrogens is 366 g/mol. The maximum atomic E-state index is 13.3. The summed E-state index contributed by atoms with van der Waals surface area (Å²) in [5.74, 6) is 1.45. The second kappa shape index (κ2) is 7.22. The van der Waals surface area contributed by atoms with Gasteiger partial charge in [-0.15, -0.1) is 0 Å². The van der Waals surface area contributed by atoms with E-state index < -0.39 is 0 Å². The SMILES string of the molecule is Cn1c(CN2CCCC2c2nc3ccccc3c(=O)n2CC2CC2)cncc1=O. The van der Waals surface area contributed by atoms with Crippen molar-refractivity contribution >= 4 is 10.9 Å². The van der Waals surface area contributed by atoms with Crippen molar-refractivity contribution in [2.45, 2.75) is 44.8 Å². The molecule has 1 saturated heterocycles. The summed E-state index contributed by atoms with van der Waals surface area (Å²) < 4.78 is 3.57. The summed E-state index contributed by atoms with van der Waals surface area (Å²) in [6.07, 6.45) is 7.47. The molecular formula is C22H25N5O2. The molecule has 0 amide bonds. The van der Waals surface area contributed by atoms with Crippen LogP contribution in [0.4, 0.5) is 0 Å².